The molecule has 3 rings (SSSR count). The van der Waals surface area contributed by atoms with Crippen LogP contribution in [0.25, 0.3) is 0 Å². The van der Waals surface area contributed by atoms with E-state index in [4.69, 9.17) is 14.7 Å². The summed E-state index contributed by atoms with van der Waals surface area (Å²) in [4.78, 5) is 24.7. The summed E-state index contributed by atoms with van der Waals surface area (Å²) < 4.78 is 11.0. The van der Waals surface area contributed by atoms with E-state index >= 15 is 0 Å². The van der Waals surface area contributed by atoms with Crippen molar-refractivity contribution >= 4 is 11.9 Å². The third-order valence-corrected chi connectivity index (χ3v) is 4.93. The molecule has 1 amide bonds. The monoisotopic (exact) mass is 442 g/mol. The Morgan fingerprint density at radius 1 is 0.970 bits per heavy atom. The lowest BCUT2D eigenvalue weighted by atomic mass is 10.1. The number of carbonyl (C=O) groups is 2. The third kappa shape index (κ3) is 7.82. The highest BCUT2D eigenvalue weighted by Crippen LogP contribution is 2.13. The first-order chi connectivity index (χ1) is 16.0. The van der Waals surface area contributed by atoms with Crippen LogP contribution >= 0.6 is 0 Å². The van der Waals surface area contributed by atoms with Crippen molar-refractivity contribution in [2.45, 2.75) is 32.4 Å². The molecule has 168 valence electrons. The van der Waals surface area contributed by atoms with Crippen LogP contribution in [0.15, 0.2) is 78.9 Å². The largest absolute Gasteiger partial charge is 0.493 e. The number of hydrogen-bond acceptors (Lipinski definition) is 5. The number of hydrogen-bond donors (Lipinski definition) is 1. The number of ether oxygens (including phenoxy) is 2. The van der Waals surface area contributed by atoms with Crippen molar-refractivity contribution in [2.75, 3.05) is 6.61 Å². The van der Waals surface area contributed by atoms with Crippen molar-refractivity contribution in [1.29, 1.82) is 5.26 Å². The number of nitrogens with zero attached hydrogens (tertiary/aromatic N) is 1. The fourth-order valence-corrected chi connectivity index (χ4v) is 3.19. The normalized spacial score (nSPS) is 11.2. The standard InChI is InChI=1S/C27H26N2O4/c1-20(16-26(30)33-19-23-6-3-2-4-7-23)29-27(31)24-9-5-8-21(17-24)14-15-32-25-12-10-22(18-28)11-13-25/h2-13,17,20H,14-16,19H2,1H3,(H,29,31). The lowest BCUT2D eigenvalue weighted by Crippen LogP contribution is -2.34. The van der Waals surface area contributed by atoms with Gasteiger partial charge in [-0.15, -0.1) is 0 Å². The summed E-state index contributed by atoms with van der Waals surface area (Å²) in [6.07, 6.45) is 0.721. The van der Waals surface area contributed by atoms with E-state index in [0.717, 1.165) is 11.1 Å². The van der Waals surface area contributed by atoms with Gasteiger partial charge in [0.2, 0.25) is 0 Å². The van der Waals surface area contributed by atoms with Crippen LogP contribution in [0.1, 0.15) is 40.4 Å². The van der Waals surface area contributed by atoms with E-state index in [1.807, 2.05) is 48.5 Å². The molecule has 6 heteroatoms. The topological polar surface area (TPSA) is 88.4 Å². The average molecular weight is 443 g/mol. The second-order valence-corrected chi connectivity index (χ2v) is 7.66. The van der Waals surface area contributed by atoms with E-state index in [2.05, 4.69) is 11.4 Å². The van der Waals surface area contributed by atoms with Gasteiger partial charge in [-0.2, -0.15) is 5.26 Å². The van der Waals surface area contributed by atoms with Gasteiger partial charge in [-0.3, -0.25) is 9.59 Å². The predicted molar refractivity (Wildman–Crippen MR) is 125 cm³/mol. The van der Waals surface area contributed by atoms with Gasteiger partial charge in [0, 0.05) is 18.0 Å². The fraction of sp³-hybridized carbons (Fsp3) is 0.222. The van der Waals surface area contributed by atoms with Gasteiger partial charge in [0.05, 0.1) is 24.7 Å². The molecule has 1 atom stereocenters. The van der Waals surface area contributed by atoms with Gasteiger partial charge in [0.25, 0.3) is 5.91 Å². The van der Waals surface area contributed by atoms with E-state index in [1.54, 1.807) is 37.3 Å². The van der Waals surface area contributed by atoms with Gasteiger partial charge in [-0.25, -0.2) is 0 Å². The van der Waals surface area contributed by atoms with Crippen LogP contribution in [0.3, 0.4) is 0 Å². The summed E-state index contributed by atoms with van der Waals surface area (Å²) in [7, 11) is 0. The molecule has 0 aromatic heterocycles. The molecule has 0 saturated carbocycles. The van der Waals surface area contributed by atoms with E-state index in [9.17, 15) is 9.59 Å². The first kappa shape index (κ1) is 23.6. The van der Waals surface area contributed by atoms with Crippen molar-refractivity contribution in [2.24, 2.45) is 0 Å². The van der Waals surface area contributed by atoms with Crippen molar-refractivity contribution in [1.82, 2.24) is 5.32 Å². The molecule has 0 heterocycles. The predicted octanol–water partition coefficient (Wildman–Crippen LogP) is 4.43. The quantitative estimate of drug-likeness (QED) is 0.469. The number of nitrogens with one attached hydrogen (secondary N) is 1. The maximum atomic E-state index is 12.6. The Morgan fingerprint density at radius 2 is 1.70 bits per heavy atom. The number of nitriles is 1. The summed E-state index contributed by atoms with van der Waals surface area (Å²) in [6.45, 7) is 2.44. The highest BCUT2D eigenvalue weighted by atomic mass is 16.5. The molecule has 0 bridgehead atoms. The van der Waals surface area contributed by atoms with Gasteiger partial charge in [0.15, 0.2) is 0 Å². The van der Waals surface area contributed by atoms with Gasteiger partial charge in [-0.05, 0) is 54.4 Å². The van der Waals surface area contributed by atoms with E-state index in [0.29, 0.717) is 29.9 Å². The van der Waals surface area contributed by atoms with Gasteiger partial charge < -0.3 is 14.8 Å². The van der Waals surface area contributed by atoms with Crippen LogP contribution in [-0.4, -0.2) is 24.5 Å². The fourth-order valence-electron chi connectivity index (χ4n) is 3.19. The summed E-state index contributed by atoms with van der Waals surface area (Å²) in [5, 5.41) is 11.7. The second-order valence-electron chi connectivity index (χ2n) is 7.66. The Balaban J connectivity index is 1.44. The minimum absolute atomic E-state index is 0.0939. The molecule has 0 aliphatic rings. The van der Waals surface area contributed by atoms with E-state index in [-0.39, 0.29) is 30.9 Å². The first-order valence-corrected chi connectivity index (χ1v) is 10.8. The molecule has 0 fully saturated rings. The molecule has 6 nitrogen and oxygen atoms in total. The lowest BCUT2D eigenvalue weighted by molar-refractivity contribution is -0.145. The van der Waals surface area contributed by atoms with Crippen LogP contribution in [0.4, 0.5) is 0 Å². The molecular formula is C27H26N2O4. The number of rotatable bonds is 10. The maximum Gasteiger partial charge on any atom is 0.308 e. The molecule has 0 aliphatic carbocycles. The van der Waals surface area contributed by atoms with Crippen molar-refractivity contribution in [3.05, 3.63) is 101 Å². The lowest BCUT2D eigenvalue weighted by Gasteiger charge is -2.14. The summed E-state index contributed by atoms with van der Waals surface area (Å²) in [5.74, 6) is 0.0875. The molecule has 1 unspecified atom stereocenters. The minimum atomic E-state index is -0.361. The Morgan fingerprint density at radius 3 is 2.42 bits per heavy atom. The van der Waals surface area contributed by atoms with E-state index in [1.165, 1.54) is 0 Å². The van der Waals surface area contributed by atoms with Gasteiger partial charge >= 0.3 is 5.97 Å². The highest BCUT2D eigenvalue weighted by molar-refractivity contribution is 5.94. The number of carbonyl (C=O) groups excluding carboxylic acids is 2. The van der Waals surface area contributed by atoms with E-state index < -0.39 is 0 Å². The van der Waals surface area contributed by atoms with Gasteiger partial charge in [0.1, 0.15) is 12.4 Å². The molecule has 3 aromatic rings. The molecule has 0 radical (unpaired) electrons. The van der Waals surface area contributed by atoms with Crippen molar-refractivity contribution < 1.29 is 19.1 Å². The summed E-state index contributed by atoms with van der Waals surface area (Å²) in [5.41, 5.74) is 2.99. The zero-order valence-corrected chi connectivity index (χ0v) is 18.5. The number of benzene rings is 3. The number of esters is 1. The molecule has 0 aliphatic heterocycles. The SMILES string of the molecule is CC(CC(=O)OCc1ccccc1)NC(=O)c1cccc(CCOc2ccc(C#N)cc2)c1. The molecule has 1 N–H and O–H groups in total. The maximum absolute atomic E-state index is 12.6. The Bertz CT molecular complexity index is 1100. The molecule has 0 saturated heterocycles. The minimum Gasteiger partial charge on any atom is -0.493 e. The summed E-state index contributed by atoms with van der Waals surface area (Å²) in [6, 6.07) is 25.4. The Labute approximate surface area is 193 Å². The molecule has 0 spiro atoms. The smallest absolute Gasteiger partial charge is 0.308 e. The average Bonchev–Trinajstić information content (AvgIpc) is 2.84. The number of amides is 1. The molecule has 3 aromatic carbocycles. The van der Waals surface area contributed by atoms with Crippen LogP contribution in [0.5, 0.6) is 5.75 Å². The first-order valence-electron chi connectivity index (χ1n) is 10.8. The Kier molecular flexibility index (Phi) is 8.61. The Hall–Kier alpha value is -4.11. The van der Waals surface area contributed by atoms with Crippen molar-refractivity contribution in [3.8, 4) is 11.8 Å². The highest BCUT2D eigenvalue weighted by Gasteiger charge is 2.15. The summed E-state index contributed by atoms with van der Waals surface area (Å²) >= 11 is 0. The van der Waals surface area contributed by atoms with Crippen molar-refractivity contribution in [3.63, 3.8) is 0 Å². The van der Waals surface area contributed by atoms with Crippen LogP contribution in [0, 0.1) is 11.3 Å². The van der Waals surface area contributed by atoms with Crippen LogP contribution < -0.4 is 10.1 Å². The third-order valence-electron chi connectivity index (χ3n) is 4.93. The van der Waals surface area contributed by atoms with Crippen LogP contribution in [0.2, 0.25) is 0 Å². The molecular weight excluding hydrogens is 416 g/mol. The zero-order valence-electron chi connectivity index (χ0n) is 18.5. The molecule has 33 heavy (non-hydrogen) atoms. The second kappa shape index (κ2) is 12.1. The van der Waals surface area contributed by atoms with Crippen LogP contribution in [-0.2, 0) is 22.6 Å². The zero-order chi connectivity index (χ0) is 23.5. The van der Waals surface area contributed by atoms with Gasteiger partial charge in [-0.1, -0.05) is 42.5 Å².